The number of benzene rings is 21. The number of hydrogen-bond acceptors (Lipinski definition) is 12. The molecule has 6 heterocycles. The van der Waals surface area contributed by atoms with Crippen molar-refractivity contribution in [3.05, 3.63) is 491 Å². The van der Waals surface area contributed by atoms with E-state index in [1.165, 1.54) is 93.2 Å². The summed E-state index contributed by atoms with van der Waals surface area (Å²) in [7, 11) is 0. The third-order valence-corrected chi connectivity index (χ3v) is 29.9. The van der Waals surface area contributed by atoms with Crippen molar-refractivity contribution in [3.8, 4) is 169 Å². The SMILES string of the molecule is c1ccc(-c2ccc(-c3nc(-c4cccc(-c5ccccc5)c4)nc(-c4cccc5c4sc4ccccc45)n3)cc2)cc1.c1ccc(-c2cccc(-c3nc(-c4c(-c5ccc6ccccc6c5)ccc5ccccc45)nc(-c4cccc5c4sc4ccccc45)n3)c2)cc1.c1ccc(-c2cccc(-c3nc(-c4ccc(-c5cccc6ccccc56)cc4)nc(-c4cccc5c4sc4ccccc45)n3)c2)cc1. The van der Waals surface area contributed by atoms with Gasteiger partial charge in [0.05, 0.1) is 0 Å². The van der Waals surface area contributed by atoms with Crippen LogP contribution in [-0.4, -0.2) is 44.9 Å². The largest absolute Gasteiger partial charge is 0.208 e. The molecule has 27 aromatic rings. The van der Waals surface area contributed by atoms with Crippen LogP contribution >= 0.6 is 34.0 Å². The van der Waals surface area contributed by atoms with Gasteiger partial charge in [0, 0.05) is 111 Å². The molecule has 9 nitrogen and oxygen atoms in total. The molecule has 141 heavy (non-hydrogen) atoms. The molecule has 0 aliphatic rings. The third kappa shape index (κ3) is 16.8. The van der Waals surface area contributed by atoms with Crippen LogP contribution in [0.2, 0.25) is 0 Å². The second kappa shape index (κ2) is 37.3. The fourth-order valence-corrected chi connectivity index (χ4v) is 22.9. The van der Waals surface area contributed by atoms with Gasteiger partial charge in [0.1, 0.15) is 0 Å². The number of aromatic nitrogens is 9. The fourth-order valence-electron chi connectivity index (χ4n) is 19.2. The maximum Gasteiger partial charge on any atom is 0.165 e. The molecular weight excluding hydrogens is 1770 g/mol. The van der Waals surface area contributed by atoms with Crippen LogP contribution < -0.4 is 0 Å². The Hall–Kier alpha value is -17.9. The molecule has 12 heteroatoms. The average molecular weight is 1850 g/mol. The summed E-state index contributed by atoms with van der Waals surface area (Å²) in [5.41, 5.74) is 22.5. The number of hydrogen-bond donors (Lipinski definition) is 0. The van der Waals surface area contributed by atoms with Gasteiger partial charge in [0.15, 0.2) is 52.4 Å². The van der Waals surface area contributed by atoms with Gasteiger partial charge in [0.2, 0.25) is 0 Å². The quantitative estimate of drug-likeness (QED) is 0.0989. The highest BCUT2D eigenvalue weighted by molar-refractivity contribution is 7.27. The van der Waals surface area contributed by atoms with Crippen LogP contribution in [0, 0.1) is 0 Å². The smallest absolute Gasteiger partial charge is 0.165 e. The summed E-state index contributed by atoms with van der Waals surface area (Å²) >= 11 is 5.36. The molecule has 660 valence electrons. The summed E-state index contributed by atoms with van der Waals surface area (Å²) < 4.78 is 7.30. The van der Waals surface area contributed by atoms with Crippen LogP contribution in [0.3, 0.4) is 0 Å². The maximum atomic E-state index is 5.38. The van der Waals surface area contributed by atoms with Crippen LogP contribution in [0.1, 0.15) is 0 Å². The minimum atomic E-state index is 0.642. The molecule has 0 aliphatic carbocycles. The molecule has 0 atom stereocenters. The molecule has 0 bridgehead atoms. The Labute approximate surface area is 825 Å². The molecule has 0 saturated heterocycles. The van der Waals surface area contributed by atoms with Gasteiger partial charge in [-0.25, -0.2) is 44.9 Å². The van der Waals surface area contributed by atoms with E-state index in [0.717, 1.165) is 116 Å². The topological polar surface area (TPSA) is 116 Å². The zero-order valence-electron chi connectivity index (χ0n) is 76.0. The van der Waals surface area contributed by atoms with E-state index in [0.29, 0.717) is 52.4 Å². The summed E-state index contributed by atoms with van der Waals surface area (Å²) in [4.78, 5) is 46.6. The molecule has 21 aromatic carbocycles. The molecule has 0 N–H and O–H groups in total. The zero-order chi connectivity index (χ0) is 93.5. The van der Waals surface area contributed by atoms with E-state index >= 15 is 0 Å². The lowest BCUT2D eigenvalue weighted by Gasteiger charge is -2.15. The Morgan fingerprint density at radius 1 is 0.121 bits per heavy atom. The first-order valence-corrected chi connectivity index (χ1v) is 49.5. The molecule has 0 unspecified atom stereocenters. The predicted octanol–water partition coefficient (Wildman–Crippen LogP) is 35.2. The van der Waals surface area contributed by atoms with Crippen LogP contribution in [-0.2, 0) is 0 Å². The lowest BCUT2D eigenvalue weighted by atomic mass is 9.92. The van der Waals surface area contributed by atoms with Crippen molar-refractivity contribution in [2.75, 3.05) is 0 Å². The lowest BCUT2D eigenvalue weighted by Crippen LogP contribution is -2.02. The Bertz CT molecular complexity index is 9430. The molecule has 27 rings (SSSR count). The molecular formula is C129H81N9S3. The maximum absolute atomic E-state index is 5.38. The Kier molecular flexibility index (Phi) is 22.4. The number of fused-ring (bicyclic) bond motifs is 12. The monoisotopic (exact) mass is 1850 g/mol. The van der Waals surface area contributed by atoms with Gasteiger partial charge in [-0.1, -0.05) is 431 Å². The summed E-state index contributed by atoms with van der Waals surface area (Å²) in [6, 6.07) is 172. The Morgan fingerprint density at radius 3 is 0.823 bits per heavy atom. The molecule has 0 radical (unpaired) electrons. The molecule has 0 fully saturated rings. The van der Waals surface area contributed by atoms with Gasteiger partial charge in [-0.05, 0) is 160 Å². The van der Waals surface area contributed by atoms with Gasteiger partial charge in [-0.15, -0.1) is 34.0 Å². The first-order chi connectivity index (χ1) is 69.8. The van der Waals surface area contributed by atoms with Gasteiger partial charge in [-0.3, -0.25) is 0 Å². The van der Waals surface area contributed by atoms with Crippen molar-refractivity contribution in [2.45, 2.75) is 0 Å². The molecule has 0 amide bonds. The Morgan fingerprint density at radius 2 is 0.383 bits per heavy atom. The van der Waals surface area contributed by atoms with E-state index in [9.17, 15) is 0 Å². The van der Waals surface area contributed by atoms with E-state index in [4.69, 9.17) is 44.9 Å². The molecule has 6 aromatic heterocycles. The van der Waals surface area contributed by atoms with Crippen LogP contribution in [0.4, 0.5) is 0 Å². The van der Waals surface area contributed by atoms with E-state index in [-0.39, 0.29) is 0 Å². The van der Waals surface area contributed by atoms with Crippen molar-refractivity contribution in [3.63, 3.8) is 0 Å². The standard InChI is InChI=1S/C47H29N3S.C43H27N3S.C39H25N3S/c1-2-12-30(13-3-1)34-17-10-18-36(29-34)45-48-46(41-22-11-21-40-39-20-8-9-23-42(39)51-44(40)41)50-47(49-45)43-37-19-7-6-15-32(37)26-27-38(43)35-25-24-31-14-4-5-16-33(31)28-35;1-2-11-28(12-3-1)32-15-8-16-33(27-32)42-44-41(31-25-23-30(24-26-31)35-19-9-14-29-13-4-5-17-34(29)35)45-43(46-42)38-21-10-20-37-36-18-6-7-22-39(36)47-40(37)38;1-3-11-26(12-4-1)28-21-23-29(24-22-28)37-40-38(31-16-9-15-30(25-31)27-13-5-2-6-14-27)42-39(41-37)34-19-10-18-33-32-17-7-8-20-35(32)43-36(33)34/h1-29H;1-27H;1-25H. The van der Waals surface area contributed by atoms with Gasteiger partial charge < -0.3 is 0 Å². The van der Waals surface area contributed by atoms with Crippen molar-refractivity contribution in [1.82, 2.24) is 44.9 Å². The summed E-state index contributed by atoms with van der Waals surface area (Å²) in [5, 5.41) is 14.5. The molecule has 0 saturated carbocycles. The van der Waals surface area contributed by atoms with E-state index in [1.54, 1.807) is 34.0 Å². The second-order valence-corrected chi connectivity index (χ2v) is 38.1. The van der Waals surface area contributed by atoms with Gasteiger partial charge in [0.25, 0.3) is 0 Å². The summed E-state index contributed by atoms with van der Waals surface area (Å²) in [5.74, 6) is 5.92. The van der Waals surface area contributed by atoms with Gasteiger partial charge in [-0.2, -0.15) is 0 Å². The number of thiophene rings is 3. The van der Waals surface area contributed by atoms with E-state index in [1.807, 2.05) is 24.3 Å². The first-order valence-electron chi connectivity index (χ1n) is 47.1. The predicted molar refractivity (Wildman–Crippen MR) is 592 cm³/mol. The van der Waals surface area contributed by atoms with Gasteiger partial charge >= 0.3 is 0 Å². The molecule has 0 spiro atoms. The third-order valence-electron chi connectivity index (χ3n) is 26.2. The first kappa shape index (κ1) is 84.8. The van der Waals surface area contributed by atoms with Crippen LogP contribution in [0.5, 0.6) is 0 Å². The van der Waals surface area contributed by atoms with Crippen LogP contribution in [0.15, 0.2) is 491 Å². The highest BCUT2D eigenvalue weighted by atomic mass is 32.1. The lowest BCUT2D eigenvalue weighted by molar-refractivity contribution is 1.08. The van der Waals surface area contributed by atoms with Crippen molar-refractivity contribution < 1.29 is 0 Å². The van der Waals surface area contributed by atoms with Crippen molar-refractivity contribution in [2.24, 2.45) is 0 Å². The zero-order valence-corrected chi connectivity index (χ0v) is 78.5. The normalized spacial score (nSPS) is 11.4. The highest BCUT2D eigenvalue weighted by Crippen LogP contribution is 2.47. The van der Waals surface area contributed by atoms with E-state index in [2.05, 4.69) is 467 Å². The minimum Gasteiger partial charge on any atom is -0.208 e. The number of nitrogens with zero attached hydrogens (tertiary/aromatic N) is 9. The molecule has 0 aliphatic heterocycles. The average Bonchev–Trinajstić information content (AvgIpc) is 1.74. The van der Waals surface area contributed by atoms with Crippen molar-refractivity contribution in [1.29, 1.82) is 0 Å². The Balaban J connectivity index is 0.000000112. The fraction of sp³-hybridized carbons (Fsp3) is 0. The van der Waals surface area contributed by atoms with Crippen LogP contribution in [0.25, 0.3) is 262 Å². The minimum absolute atomic E-state index is 0.642. The number of rotatable bonds is 15. The van der Waals surface area contributed by atoms with E-state index < -0.39 is 0 Å². The second-order valence-electron chi connectivity index (χ2n) is 34.9. The van der Waals surface area contributed by atoms with Crippen molar-refractivity contribution >= 4 is 127 Å². The summed E-state index contributed by atoms with van der Waals surface area (Å²) in [6.45, 7) is 0. The summed E-state index contributed by atoms with van der Waals surface area (Å²) in [6.07, 6.45) is 0. The highest BCUT2D eigenvalue weighted by Gasteiger charge is 2.25.